The first kappa shape index (κ1) is 20.7. The summed E-state index contributed by atoms with van der Waals surface area (Å²) in [4.78, 5) is 29.0. The van der Waals surface area contributed by atoms with Gasteiger partial charge < -0.3 is 10.1 Å². The van der Waals surface area contributed by atoms with E-state index in [1.165, 1.54) is 11.8 Å². The lowest BCUT2D eigenvalue weighted by molar-refractivity contribution is -0.139. The van der Waals surface area contributed by atoms with Crippen LogP contribution in [-0.4, -0.2) is 27.9 Å². The Morgan fingerprint density at radius 1 is 1.06 bits per heavy atom. The van der Waals surface area contributed by atoms with Crippen molar-refractivity contribution in [1.29, 1.82) is 0 Å². The molecule has 2 aromatic carbocycles. The molecule has 2 heterocycles. The summed E-state index contributed by atoms with van der Waals surface area (Å²) in [6, 6.07) is 22.9. The van der Waals surface area contributed by atoms with Gasteiger partial charge >= 0.3 is 5.97 Å². The minimum absolute atomic E-state index is 0.130. The summed E-state index contributed by atoms with van der Waals surface area (Å²) in [5, 5.41) is 4.50. The van der Waals surface area contributed by atoms with Gasteiger partial charge in [-0.2, -0.15) is 0 Å². The minimum atomic E-state index is -0.297. The second-order valence-electron chi connectivity index (χ2n) is 6.69. The van der Waals surface area contributed by atoms with E-state index in [4.69, 9.17) is 4.74 Å². The number of thioether (sulfide) groups is 1. The lowest BCUT2D eigenvalue weighted by Gasteiger charge is -2.18. The number of carbonyl (C=O) groups excluding carboxylic acids is 1. The average Bonchev–Trinajstić information content (AvgIpc) is 2.79. The monoisotopic (exact) mass is 431 g/mol. The van der Waals surface area contributed by atoms with Crippen molar-refractivity contribution in [3.63, 3.8) is 0 Å². The number of carbonyl (C=O) groups is 1. The van der Waals surface area contributed by atoms with Crippen LogP contribution in [-0.2, 0) is 9.53 Å². The van der Waals surface area contributed by atoms with Crippen molar-refractivity contribution in [3.05, 3.63) is 89.2 Å². The van der Waals surface area contributed by atoms with E-state index in [-0.39, 0.29) is 17.2 Å². The molecule has 0 aliphatic heterocycles. The zero-order valence-corrected chi connectivity index (χ0v) is 17.8. The second kappa shape index (κ2) is 9.49. The van der Waals surface area contributed by atoms with Gasteiger partial charge in [-0.15, -0.1) is 0 Å². The number of rotatable bonds is 7. The largest absolute Gasteiger partial charge is 0.465 e. The van der Waals surface area contributed by atoms with Gasteiger partial charge in [0, 0.05) is 23.6 Å². The summed E-state index contributed by atoms with van der Waals surface area (Å²) in [5.41, 5.74) is 2.35. The van der Waals surface area contributed by atoms with E-state index in [0.29, 0.717) is 28.4 Å². The summed E-state index contributed by atoms with van der Waals surface area (Å²) in [6.45, 7) is 2.11. The Balaban J connectivity index is 1.84. The lowest BCUT2D eigenvalue weighted by atomic mass is 10.2. The van der Waals surface area contributed by atoms with Crippen molar-refractivity contribution in [2.24, 2.45) is 0 Å². The molecule has 0 unspecified atom stereocenters. The number of para-hydroxylation sites is 2. The van der Waals surface area contributed by atoms with Crippen molar-refractivity contribution in [2.75, 3.05) is 17.7 Å². The Morgan fingerprint density at radius 2 is 1.77 bits per heavy atom. The average molecular weight is 432 g/mol. The van der Waals surface area contributed by atoms with E-state index in [9.17, 15) is 9.59 Å². The van der Waals surface area contributed by atoms with E-state index in [1.54, 1.807) is 19.2 Å². The third kappa shape index (κ3) is 4.78. The van der Waals surface area contributed by atoms with E-state index < -0.39 is 0 Å². The summed E-state index contributed by atoms with van der Waals surface area (Å²) in [5.74, 6) is 0.501. The second-order valence-corrected chi connectivity index (χ2v) is 7.68. The van der Waals surface area contributed by atoms with Crippen LogP contribution < -0.4 is 10.7 Å². The molecular formula is C24H21N3O3S. The minimum Gasteiger partial charge on any atom is -0.465 e. The highest BCUT2D eigenvalue weighted by Crippen LogP contribution is 2.27. The molecule has 0 amide bonds. The van der Waals surface area contributed by atoms with E-state index in [1.807, 2.05) is 71.3 Å². The van der Waals surface area contributed by atoms with Crippen LogP contribution in [0.1, 0.15) is 6.92 Å². The highest BCUT2D eigenvalue weighted by Gasteiger charge is 2.14. The smallest absolute Gasteiger partial charge is 0.316 e. The Morgan fingerprint density at radius 3 is 2.48 bits per heavy atom. The number of benzene rings is 2. The SMILES string of the molecule is CCOC(=O)CSc1cc2c(cn1)c(=O)cc(Nc1ccccc1)n2-c1ccccc1. The van der Waals surface area contributed by atoms with Gasteiger partial charge in [0.25, 0.3) is 0 Å². The molecule has 156 valence electrons. The number of pyridine rings is 2. The van der Waals surface area contributed by atoms with E-state index in [2.05, 4.69) is 10.3 Å². The molecule has 0 aliphatic rings. The molecule has 0 bridgehead atoms. The summed E-state index contributed by atoms with van der Waals surface area (Å²) >= 11 is 1.28. The van der Waals surface area contributed by atoms with Crippen LogP contribution in [0, 0.1) is 0 Å². The summed E-state index contributed by atoms with van der Waals surface area (Å²) in [6.07, 6.45) is 1.57. The van der Waals surface area contributed by atoms with Crippen molar-refractivity contribution in [3.8, 4) is 5.69 Å². The number of anilines is 2. The number of hydrogen-bond acceptors (Lipinski definition) is 6. The van der Waals surface area contributed by atoms with E-state index >= 15 is 0 Å². The van der Waals surface area contributed by atoms with Gasteiger partial charge in [0.05, 0.1) is 28.3 Å². The maximum absolute atomic E-state index is 12.9. The van der Waals surface area contributed by atoms with Gasteiger partial charge in [0.2, 0.25) is 0 Å². The predicted octanol–water partition coefficient (Wildman–Crippen LogP) is 4.78. The first-order chi connectivity index (χ1) is 15.2. The van der Waals surface area contributed by atoms with Crippen LogP contribution in [0.5, 0.6) is 0 Å². The van der Waals surface area contributed by atoms with Crippen molar-refractivity contribution >= 4 is 40.1 Å². The molecule has 6 nitrogen and oxygen atoms in total. The molecule has 4 rings (SSSR count). The van der Waals surface area contributed by atoms with Crippen molar-refractivity contribution in [1.82, 2.24) is 9.55 Å². The maximum atomic E-state index is 12.9. The highest BCUT2D eigenvalue weighted by molar-refractivity contribution is 7.99. The van der Waals surface area contributed by atoms with Gasteiger partial charge in [-0.05, 0) is 37.3 Å². The number of ether oxygens (including phenoxy) is 1. The van der Waals surface area contributed by atoms with Crippen LogP contribution >= 0.6 is 11.8 Å². The van der Waals surface area contributed by atoms with E-state index in [0.717, 1.165) is 11.4 Å². The molecule has 0 saturated heterocycles. The van der Waals surface area contributed by atoms with Gasteiger partial charge in [-0.3, -0.25) is 14.2 Å². The molecule has 0 saturated carbocycles. The Kier molecular flexibility index (Phi) is 6.33. The quantitative estimate of drug-likeness (QED) is 0.335. The molecule has 31 heavy (non-hydrogen) atoms. The van der Waals surface area contributed by atoms with Crippen LogP contribution in [0.3, 0.4) is 0 Å². The van der Waals surface area contributed by atoms with Crippen molar-refractivity contribution in [2.45, 2.75) is 11.9 Å². The molecule has 1 N–H and O–H groups in total. The Hall–Kier alpha value is -3.58. The number of nitrogens with one attached hydrogen (secondary N) is 1. The van der Waals surface area contributed by atoms with Gasteiger partial charge in [-0.1, -0.05) is 48.2 Å². The third-order valence-corrected chi connectivity index (χ3v) is 5.47. The molecule has 2 aromatic heterocycles. The Labute approximate surface area is 183 Å². The molecule has 7 heteroatoms. The number of aromatic nitrogens is 2. The molecule has 0 spiro atoms. The first-order valence-corrected chi connectivity index (χ1v) is 10.9. The van der Waals surface area contributed by atoms with Crippen molar-refractivity contribution < 1.29 is 9.53 Å². The fourth-order valence-electron chi connectivity index (χ4n) is 3.23. The molecule has 0 radical (unpaired) electrons. The highest BCUT2D eigenvalue weighted by atomic mass is 32.2. The third-order valence-electron chi connectivity index (χ3n) is 4.58. The fraction of sp³-hybridized carbons (Fsp3) is 0.125. The van der Waals surface area contributed by atoms with Gasteiger partial charge in [0.1, 0.15) is 5.82 Å². The van der Waals surface area contributed by atoms with Gasteiger partial charge in [0.15, 0.2) is 5.43 Å². The number of esters is 1. The molecule has 0 aliphatic carbocycles. The van der Waals surface area contributed by atoms with Gasteiger partial charge in [-0.25, -0.2) is 4.98 Å². The standard InChI is InChI=1S/C24H21N3O3S/c1-2-30-24(29)16-31-23-13-20-19(15-25-23)21(28)14-22(26-17-9-5-3-6-10-17)27(20)18-11-7-4-8-12-18/h3-15,26H,2,16H2,1H3. The molecular weight excluding hydrogens is 410 g/mol. The van der Waals surface area contributed by atoms with Crippen LogP contribution in [0.15, 0.2) is 88.8 Å². The lowest BCUT2D eigenvalue weighted by Crippen LogP contribution is -2.13. The number of hydrogen-bond donors (Lipinski definition) is 1. The molecule has 4 aromatic rings. The number of fused-ring (bicyclic) bond motifs is 1. The molecule has 0 fully saturated rings. The zero-order chi connectivity index (χ0) is 21.6. The predicted molar refractivity (Wildman–Crippen MR) is 124 cm³/mol. The van der Waals surface area contributed by atoms with Crippen LogP contribution in [0.25, 0.3) is 16.6 Å². The molecule has 0 atom stereocenters. The Bertz CT molecular complexity index is 1260. The van der Waals surface area contributed by atoms with Crippen LogP contribution in [0.4, 0.5) is 11.5 Å². The summed E-state index contributed by atoms with van der Waals surface area (Å²) < 4.78 is 6.98. The zero-order valence-electron chi connectivity index (χ0n) is 16.9. The number of nitrogens with zero attached hydrogens (tertiary/aromatic N) is 2. The summed E-state index contributed by atoms with van der Waals surface area (Å²) in [7, 11) is 0. The van der Waals surface area contributed by atoms with Crippen LogP contribution in [0.2, 0.25) is 0 Å². The fourth-order valence-corrected chi connectivity index (χ4v) is 3.90. The normalized spacial score (nSPS) is 10.7. The first-order valence-electron chi connectivity index (χ1n) is 9.87. The maximum Gasteiger partial charge on any atom is 0.316 e. The topological polar surface area (TPSA) is 73.2 Å².